The van der Waals surface area contributed by atoms with E-state index in [-0.39, 0.29) is 129 Å². The second-order valence-corrected chi connectivity index (χ2v) is 54.2. The fourth-order valence-corrected chi connectivity index (χ4v) is 44.0. The van der Waals surface area contributed by atoms with Gasteiger partial charge in [0.05, 0.1) is 18.3 Å². The van der Waals surface area contributed by atoms with Crippen LogP contribution in [0.25, 0.3) is 0 Å². The van der Waals surface area contributed by atoms with Gasteiger partial charge in [0.2, 0.25) is 0 Å². The number of halogens is 5. The summed E-state index contributed by atoms with van der Waals surface area (Å²) in [6.45, 7) is 44.8. The molecule has 6 heterocycles. The number of nitrogens with zero attached hydrogens (tertiary/aromatic N) is 4. The van der Waals surface area contributed by atoms with E-state index in [2.05, 4.69) is 99.1 Å². The molecule has 30 heteroatoms. The van der Waals surface area contributed by atoms with Crippen molar-refractivity contribution in [2.45, 2.75) is 230 Å². The number of ketones is 1. The minimum absolute atomic E-state index is 0. The summed E-state index contributed by atoms with van der Waals surface area (Å²) >= 11 is 21.7. The largest absolute Gasteiger partial charge is 2.00 e. The van der Waals surface area contributed by atoms with Crippen LogP contribution in [-0.2, 0) is 30.1 Å². The van der Waals surface area contributed by atoms with Crippen molar-refractivity contribution in [1.29, 1.82) is 0 Å². The van der Waals surface area contributed by atoms with Crippen molar-refractivity contribution in [3.05, 3.63) is 111 Å². The first-order valence-corrected chi connectivity index (χ1v) is 52.1. The van der Waals surface area contributed by atoms with Crippen LogP contribution in [0, 0.1) is 24.7 Å². The molecule has 6 aliphatic rings. The van der Waals surface area contributed by atoms with Crippen LogP contribution in [0.5, 0.6) is 0 Å². The smallest absolute Gasteiger partial charge is 1.00 e. The van der Waals surface area contributed by atoms with Gasteiger partial charge in [-0.3, -0.25) is 4.79 Å². The Hall–Kier alpha value is -0.210. The summed E-state index contributed by atoms with van der Waals surface area (Å²) < 4.78 is 26.2. The summed E-state index contributed by atoms with van der Waals surface area (Å²) in [7, 11) is -2.54. The third kappa shape index (κ3) is 36.7. The monoisotopic (exact) mass is 1790 g/mol. The SMILES string of the molecule is C1CCOC1.CC(C)(C)OC(=O)N1CCC[C@@H](C(=O)c2cccc(Cl)c2)C1.CC(C)(C)OC(=O)N1CCC[C@@H]([C@@](O)(CCCN)c2cccc(Cl)c2)C1.COC(=O)NCCC[C@@](O)(c1cccc(Cl)c1)[C@@H]1CCCNC1.C[Si]1(C)CC[Si](C)(C)N1CCCBr.S.S.[Br-].[CH2-]CCN1[Si](C)(C)CC[Si]1(C)C.[H-].[H-].[Mg+2].[Mg+2]. The van der Waals surface area contributed by atoms with Crippen molar-refractivity contribution < 1.29 is 68.2 Å². The summed E-state index contributed by atoms with van der Waals surface area (Å²) in [5.74, 6) is -0.114. The minimum Gasteiger partial charge on any atom is -1.00 e. The summed E-state index contributed by atoms with van der Waals surface area (Å²) in [5, 5.41) is 32.0. The summed E-state index contributed by atoms with van der Waals surface area (Å²) in [6.07, 6.45) is 11.6. The number of hydrogen-bond acceptors (Lipinski definition) is 14. The summed E-state index contributed by atoms with van der Waals surface area (Å²) in [6, 6.07) is 27.9. The molecule has 0 spiro atoms. The predicted molar refractivity (Wildman–Crippen MR) is 467 cm³/mol. The fraction of sp³-hybridized carbons (Fsp3) is 0.697. The molecule has 0 bridgehead atoms. The Balaban J connectivity index is -0.000000619. The van der Waals surface area contributed by atoms with Crippen LogP contribution >= 0.6 is 77.7 Å². The van der Waals surface area contributed by atoms with E-state index in [0.29, 0.717) is 85.6 Å². The number of methoxy groups -OCH3 is 1. The predicted octanol–water partition coefficient (Wildman–Crippen LogP) is 14.7. The van der Waals surface area contributed by atoms with E-state index in [1.54, 1.807) is 40.1 Å². The Bertz CT molecular complexity index is 3000. The number of aliphatic hydroxyl groups is 2. The number of alkyl carbamates (subject to hydrolysis) is 1. The Labute approximate surface area is 727 Å². The molecule has 0 aliphatic carbocycles. The number of likely N-dealkylation sites (tertiary alicyclic amines) is 2. The molecule has 0 unspecified atom stereocenters. The normalized spacial score (nSPS) is 21.0. The average Bonchev–Trinajstić information content (AvgIpc) is 1.69. The van der Waals surface area contributed by atoms with Gasteiger partial charge in [-0.2, -0.15) is 33.4 Å². The molecule has 6 aliphatic heterocycles. The van der Waals surface area contributed by atoms with Crippen LogP contribution in [0.4, 0.5) is 14.4 Å². The molecule has 3 amide bonds. The van der Waals surface area contributed by atoms with E-state index in [1.807, 2.05) is 84.0 Å². The zero-order chi connectivity index (χ0) is 75.5. The van der Waals surface area contributed by atoms with E-state index in [0.717, 1.165) is 82.4 Å². The van der Waals surface area contributed by atoms with Crippen LogP contribution in [0.3, 0.4) is 0 Å². The van der Waals surface area contributed by atoms with Crippen molar-refractivity contribution in [3.63, 3.8) is 0 Å². The Kier molecular flexibility index (Phi) is 52.6. The van der Waals surface area contributed by atoms with Gasteiger partial charge < -0.3 is 90.5 Å². The van der Waals surface area contributed by atoms with Gasteiger partial charge in [0.25, 0.3) is 0 Å². The molecule has 3 aromatic carbocycles. The molecule has 106 heavy (non-hydrogen) atoms. The molecule has 602 valence electrons. The first kappa shape index (κ1) is 108. The maximum atomic E-state index is 12.6. The van der Waals surface area contributed by atoms with E-state index in [1.165, 1.54) is 69.0 Å². The molecular weight excluding hydrogens is 1660 g/mol. The Morgan fingerprint density at radius 3 is 1.51 bits per heavy atom. The number of amides is 3. The standard InChI is InChI=1S/C20H31ClN2O3.C17H25ClN2O3.C17H22ClNO3.C9H22BrNSi2.C9H22NSi2.C4H8O.BrH.2Mg.2H2S.2H/c1-19(2,3)26-18(24)23-12-5-8-16(14-23)20(25,10-6-11-22)15-7-4-9-17(21)13-15;1-23-16(21)20-10-4-8-17(22,14-6-3-9-19-12-14)13-5-2-7-15(18)11-13;1-17(2,3)22-16(21)19-9-5-7-13(11-19)15(20)12-6-4-8-14(18)10-12;1-12(2)8-9-13(3,4)11(12)7-5-6-10;1-6-7-10-11(2,3)8-9-12(10,4)5;1-2-4-5-3-1;;;;;;;/h4,7,9,13,16,25H,5-6,8,10-12,14,22H2,1-3H3;2,5,7,11,14,19,22H,3-4,6,8-10,12H2,1H3,(H,20,21);4,6,8,10,13H,5,7,9,11H2,1-3H3;5-9H2,1-4H3;1,6-9H2,2-5H3;1-4H2;1H;;;2*1H2;;/q;;;;-1;;;2*+2;;;2*-1/p-1/t16-,20-;14-,17-;13-;;;;;;;;;;/m111........../s1. The average molecular weight is 1800 g/mol. The molecule has 3 aromatic rings. The zero-order valence-corrected chi connectivity index (χ0v) is 81.4. The van der Waals surface area contributed by atoms with Crippen molar-refractivity contribution in [2.75, 3.05) is 91.1 Å². The molecule has 6 saturated heterocycles. The molecule has 0 aromatic heterocycles. The molecule has 17 nitrogen and oxygen atoms in total. The van der Waals surface area contributed by atoms with Crippen LogP contribution in [0.15, 0.2) is 72.8 Å². The molecule has 6 N–H and O–H groups in total. The first-order chi connectivity index (χ1) is 47.3. The summed E-state index contributed by atoms with van der Waals surface area (Å²) in [5.41, 5.74) is 4.85. The van der Waals surface area contributed by atoms with Crippen molar-refractivity contribution in [3.8, 4) is 0 Å². The van der Waals surface area contributed by atoms with Gasteiger partial charge in [-0.25, -0.2) is 14.4 Å². The number of hydrogen-bond donors (Lipinski definition) is 5. The third-order valence-corrected chi connectivity index (χ3v) is 42.4. The second-order valence-electron chi connectivity index (χ2n) is 32.5. The van der Waals surface area contributed by atoms with Gasteiger partial charge in [0.15, 0.2) is 5.78 Å². The molecule has 5 atom stereocenters. The minimum atomic E-state index is -1.06. The molecule has 0 saturated carbocycles. The first-order valence-electron chi connectivity index (χ1n) is 37.2. The van der Waals surface area contributed by atoms with E-state index in [4.69, 9.17) is 54.7 Å². The van der Waals surface area contributed by atoms with E-state index >= 15 is 0 Å². The Morgan fingerprint density at radius 1 is 0.651 bits per heavy atom. The number of carbonyl (C=O) groups excluding carboxylic acids is 4. The number of nitrogens with one attached hydrogen (secondary N) is 2. The van der Waals surface area contributed by atoms with Crippen molar-refractivity contribution >= 4 is 181 Å². The molecule has 6 fully saturated rings. The van der Waals surface area contributed by atoms with E-state index in [9.17, 15) is 29.4 Å². The molecular formula is C76H136Br2Cl3Mg2N7O10S2Si4. The van der Waals surface area contributed by atoms with Gasteiger partial charge in [-0.1, -0.05) is 140 Å². The second kappa shape index (κ2) is 51.7. The Morgan fingerprint density at radius 2 is 1.09 bits per heavy atom. The van der Waals surface area contributed by atoms with Gasteiger partial charge in [0, 0.05) is 96.2 Å². The van der Waals surface area contributed by atoms with Gasteiger partial charge in [0.1, 0.15) is 44.1 Å². The number of rotatable bonds is 18. The van der Waals surface area contributed by atoms with Crippen molar-refractivity contribution in [2.24, 2.45) is 23.5 Å². The van der Waals surface area contributed by atoms with Gasteiger partial charge >= 0.3 is 64.4 Å². The number of alkyl halides is 1. The zero-order valence-electron chi connectivity index (χ0n) is 69.1. The summed E-state index contributed by atoms with van der Waals surface area (Å²) in [4.78, 5) is 51.6. The van der Waals surface area contributed by atoms with E-state index < -0.39 is 61.4 Å². The molecule has 0 radical (unpaired) electrons. The number of Topliss-reactive ketones (excluding diaryl/α,β-unsaturated/α-hetero) is 1. The number of ether oxygens (including phenoxy) is 4. The van der Waals surface area contributed by atoms with Crippen molar-refractivity contribution in [1.82, 2.24) is 28.9 Å². The van der Waals surface area contributed by atoms with Crippen LogP contribution in [0.2, 0.25) is 91.6 Å². The van der Waals surface area contributed by atoms with Gasteiger partial charge in [-0.15, -0.1) is 0 Å². The van der Waals surface area contributed by atoms with Crippen LogP contribution in [-0.4, -0.2) is 234 Å². The van der Waals surface area contributed by atoms with Crippen LogP contribution in [0.1, 0.15) is 156 Å². The topological polar surface area (TPSA) is 209 Å². The number of carbonyl (C=O) groups is 4. The fourth-order valence-electron chi connectivity index (χ4n) is 14.9. The maximum Gasteiger partial charge on any atom is 2.00 e. The number of nitrogens with two attached hydrogens (primary N) is 1. The number of benzene rings is 3. The van der Waals surface area contributed by atoms with Gasteiger partial charge in [-0.05, 0) is 223 Å². The van der Waals surface area contributed by atoms with Crippen LogP contribution < -0.4 is 33.3 Å². The third-order valence-electron chi connectivity index (χ3n) is 20.2. The number of piperidine rings is 3. The quantitative estimate of drug-likeness (QED) is 0.0201. The molecule has 9 rings (SSSR count). The maximum absolute atomic E-state index is 12.6.